The molecule has 0 spiro atoms. The number of aromatic nitrogens is 2. The van der Waals surface area contributed by atoms with E-state index in [9.17, 15) is 0 Å². The van der Waals surface area contributed by atoms with Crippen molar-refractivity contribution in [3.8, 4) is 0 Å². The summed E-state index contributed by atoms with van der Waals surface area (Å²) in [6, 6.07) is 0. The second-order valence-electron chi connectivity index (χ2n) is 8.09. The molecule has 1 aromatic heterocycles. The van der Waals surface area contributed by atoms with Gasteiger partial charge in [0.1, 0.15) is 5.82 Å². The molecule has 3 nitrogen and oxygen atoms in total. The van der Waals surface area contributed by atoms with Crippen LogP contribution in [-0.4, -0.2) is 16.1 Å². The van der Waals surface area contributed by atoms with Crippen LogP contribution < -0.4 is 5.32 Å². The third kappa shape index (κ3) is 3.50. The fourth-order valence-electron chi connectivity index (χ4n) is 3.76. The van der Waals surface area contributed by atoms with E-state index in [0.29, 0.717) is 11.3 Å². The number of hydrogen-bond donors (Lipinski definition) is 1. The highest BCUT2D eigenvalue weighted by atomic mass is 15.1. The van der Waals surface area contributed by atoms with Crippen molar-refractivity contribution in [3.05, 3.63) is 17.2 Å². The Morgan fingerprint density at radius 1 is 1.19 bits per heavy atom. The SMILES string of the molecule is CC(C)(C)CCn1c(C2CCCCC2)nc2c1CCNC2. The molecule has 0 amide bonds. The monoisotopic (exact) mass is 289 g/mol. The molecule has 0 unspecified atom stereocenters. The van der Waals surface area contributed by atoms with E-state index in [1.807, 2.05) is 0 Å². The summed E-state index contributed by atoms with van der Waals surface area (Å²) in [4.78, 5) is 5.08. The Kier molecular flexibility index (Phi) is 4.39. The first-order valence-electron chi connectivity index (χ1n) is 8.83. The second kappa shape index (κ2) is 6.12. The first kappa shape index (κ1) is 15.1. The van der Waals surface area contributed by atoms with Crippen LogP contribution in [-0.2, 0) is 19.5 Å². The molecule has 1 aliphatic carbocycles. The number of hydrogen-bond acceptors (Lipinski definition) is 2. The van der Waals surface area contributed by atoms with Crippen molar-refractivity contribution >= 4 is 0 Å². The van der Waals surface area contributed by atoms with Crippen LogP contribution in [0.15, 0.2) is 0 Å². The van der Waals surface area contributed by atoms with E-state index in [0.717, 1.165) is 26.1 Å². The molecular weight excluding hydrogens is 258 g/mol. The summed E-state index contributed by atoms with van der Waals surface area (Å²) in [5.41, 5.74) is 3.25. The molecule has 0 saturated heterocycles. The molecule has 1 aromatic rings. The van der Waals surface area contributed by atoms with Gasteiger partial charge in [-0.05, 0) is 24.7 Å². The van der Waals surface area contributed by atoms with Gasteiger partial charge in [-0.2, -0.15) is 0 Å². The van der Waals surface area contributed by atoms with E-state index in [2.05, 4.69) is 30.7 Å². The zero-order chi connectivity index (χ0) is 14.9. The molecule has 2 aliphatic rings. The van der Waals surface area contributed by atoms with Gasteiger partial charge in [0, 0.05) is 37.7 Å². The van der Waals surface area contributed by atoms with E-state index in [-0.39, 0.29) is 0 Å². The van der Waals surface area contributed by atoms with Crippen molar-refractivity contribution in [2.24, 2.45) is 5.41 Å². The Balaban J connectivity index is 1.88. The van der Waals surface area contributed by atoms with E-state index in [1.165, 1.54) is 55.7 Å². The minimum Gasteiger partial charge on any atom is -0.331 e. The number of nitrogens with one attached hydrogen (secondary N) is 1. The first-order valence-corrected chi connectivity index (χ1v) is 8.83. The minimum absolute atomic E-state index is 0.397. The lowest BCUT2D eigenvalue weighted by Gasteiger charge is -2.25. The van der Waals surface area contributed by atoms with Crippen LogP contribution in [0.1, 0.15) is 82.4 Å². The van der Waals surface area contributed by atoms with Crippen LogP contribution in [0, 0.1) is 5.41 Å². The number of rotatable bonds is 3. The first-order chi connectivity index (χ1) is 10.0. The van der Waals surface area contributed by atoms with Gasteiger partial charge in [-0.1, -0.05) is 40.0 Å². The third-order valence-electron chi connectivity index (χ3n) is 5.07. The summed E-state index contributed by atoms with van der Waals surface area (Å²) in [6.07, 6.45) is 9.28. The van der Waals surface area contributed by atoms with E-state index in [1.54, 1.807) is 0 Å². The van der Waals surface area contributed by atoms with E-state index >= 15 is 0 Å². The quantitative estimate of drug-likeness (QED) is 0.911. The van der Waals surface area contributed by atoms with Crippen molar-refractivity contribution < 1.29 is 0 Å². The Labute approximate surface area is 129 Å². The van der Waals surface area contributed by atoms with Gasteiger partial charge in [0.2, 0.25) is 0 Å². The summed E-state index contributed by atoms with van der Waals surface area (Å²) in [7, 11) is 0. The summed E-state index contributed by atoms with van der Waals surface area (Å²) in [5.74, 6) is 2.12. The molecule has 0 atom stereocenters. The van der Waals surface area contributed by atoms with Gasteiger partial charge in [-0.3, -0.25) is 0 Å². The number of fused-ring (bicyclic) bond motifs is 1. The highest BCUT2D eigenvalue weighted by Crippen LogP contribution is 2.34. The molecule has 3 heteroatoms. The molecule has 3 rings (SSSR count). The van der Waals surface area contributed by atoms with Crippen LogP contribution in [0.3, 0.4) is 0 Å². The molecule has 21 heavy (non-hydrogen) atoms. The van der Waals surface area contributed by atoms with Crippen molar-refractivity contribution in [1.82, 2.24) is 14.9 Å². The molecule has 118 valence electrons. The minimum atomic E-state index is 0.397. The highest BCUT2D eigenvalue weighted by molar-refractivity contribution is 5.22. The molecule has 0 bridgehead atoms. The smallest absolute Gasteiger partial charge is 0.112 e. The average molecular weight is 289 g/mol. The summed E-state index contributed by atoms with van der Waals surface area (Å²) >= 11 is 0. The molecule has 1 N–H and O–H groups in total. The largest absolute Gasteiger partial charge is 0.331 e. The van der Waals surface area contributed by atoms with Crippen molar-refractivity contribution in [3.63, 3.8) is 0 Å². The van der Waals surface area contributed by atoms with Crippen LogP contribution in [0.4, 0.5) is 0 Å². The van der Waals surface area contributed by atoms with Gasteiger partial charge in [0.25, 0.3) is 0 Å². The Hall–Kier alpha value is -0.830. The molecule has 2 heterocycles. The standard InChI is InChI=1S/C18H31N3/c1-18(2,3)10-12-21-16-9-11-19-13-15(16)20-17(21)14-7-5-4-6-8-14/h14,19H,4-13H2,1-3H3. The van der Waals surface area contributed by atoms with Gasteiger partial charge in [0.05, 0.1) is 5.69 Å². The van der Waals surface area contributed by atoms with Crippen molar-refractivity contribution in [2.45, 2.75) is 84.7 Å². The zero-order valence-electron chi connectivity index (χ0n) is 14.0. The lowest BCUT2D eigenvalue weighted by Crippen LogP contribution is -2.25. The van der Waals surface area contributed by atoms with Crippen LogP contribution in [0.2, 0.25) is 0 Å². The molecule has 1 aliphatic heterocycles. The number of nitrogens with zero attached hydrogens (tertiary/aromatic N) is 2. The average Bonchev–Trinajstić information content (AvgIpc) is 2.84. The van der Waals surface area contributed by atoms with Crippen molar-refractivity contribution in [1.29, 1.82) is 0 Å². The van der Waals surface area contributed by atoms with Crippen LogP contribution in [0.5, 0.6) is 0 Å². The third-order valence-corrected chi connectivity index (χ3v) is 5.07. The Morgan fingerprint density at radius 2 is 1.95 bits per heavy atom. The van der Waals surface area contributed by atoms with Gasteiger partial charge in [-0.25, -0.2) is 4.98 Å². The van der Waals surface area contributed by atoms with Crippen LogP contribution >= 0.6 is 0 Å². The zero-order valence-corrected chi connectivity index (χ0v) is 14.0. The van der Waals surface area contributed by atoms with Crippen molar-refractivity contribution in [2.75, 3.05) is 6.54 Å². The molecule has 0 aromatic carbocycles. The predicted molar refractivity (Wildman–Crippen MR) is 87.5 cm³/mol. The Bertz CT molecular complexity index is 475. The maximum Gasteiger partial charge on any atom is 0.112 e. The Morgan fingerprint density at radius 3 is 2.67 bits per heavy atom. The van der Waals surface area contributed by atoms with E-state index in [4.69, 9.17) is 4.98 Å². The van der Waals surface area contributed by atoms with Gasteiger partial charge >= 0.3 is 0 Å². The molecule has 0 radical (unpaired) electrons. The molecular formula is C18H31N3. The van der Waals surface area contributed by atoms with Gasteiger partial charge in [-0.15, -0.1) is 0 Å². The van der Waals surface area contributed by atoms with Gasteiger partial charge < -0.3 is 9.88 Å². The topological polar surface area (TPSA) is 29.9 Å². The lowest BCUT2D eigenvalue weighted by atomic mass is 9.88. The normalized spacial score (nSPS) is 20.5. The number of imidazole rings is 1. The maximum atomic E-state index is 5.08. The second-order valence-corrected chi connectivity index (χ2v) is 8.09. The van der Waals surface area contributed by atoms with Crippen LogP contribution in [0.25, 0.3) is 0 Å². The fourth-order valence-corrected chi connectivity index (χ4v) is 3.76. The summed E-state index contributed by atoms with van der Waals surface area (Å²) in [6.45, 7) is 10.3. The molecule has 1 fully saturated rings. The van der Waals surface area contributed by atoms with E-state index < -0.39 is 0 Å². The maximum absolute atomic E-state index is 5.08. The van der Waals surface area contributed by atoms with Gasteiger partial charge in [0.15, 0.2) is 0 Å². The molecule has 1 saturated carbocycles. The predicted octanol–water partition coefficient (Wildman–Crippen LogP) is 4.01. The lowest BCUT2D eigenvalue weighted by molar-refractivity contribution is 0.335. The fraction of sp³-hybridized carbons (Fsp3) is 0.833. The summed E-state index contributed by atoms with van der Waals surface area (Å²) < 4.78 is 2.61. The highest BCUT2D eigenvalue weighted by Gasteiger charge is 2.26. The summed E-state index contributed by atoms with van der Waals surface area (Å²) in [5, 5.41) is 3.48.